The summed E-state index contributed by atoms with van der Waals surface area (Å²) in [6, 6.07) is 8.12. The molecule has 0 spiro atoms. The van der Waals surface area contributed by atoms with E-state index in [1.807, 2.05) is 25.2 Å². The summed E-state index contributed by atoms with van der Waals surface area (Å²) >= 11 is 0. The van der Waals surface area contributed by atoms with E-state index in [2.05, 4.69) is 21.4 Å². The average Bonchev–Trinajstić information content (AvgIpc) is 2.94. The number of nitrogens with one attached hydrogen (secondary N) is 1. The molecule has 0 saturated carbocycles. The topological polar surface area (TPSA) is 56.3 Å². The molecule has 0 atom stereocenters. The summed E-state index contributed by atoms with van der Waals surface area (Å²) in [4.78, 5) is 8.92. The molecule has 1 aliphatic heterocycles. The van der Waals surface area contributed by atoms with E-state index in [0.717, 1.165) is 35.9 Å². The normalized spacial score (nSPS) is 12.9. The van der Waals surface area contributed by atoms with Crippen LogP contribution in [0.25, 0.3) is 11.3 Å². The van der Waals surface area contributed by atoms with Crippen molar-refractivity contribution in [2.45, 2.75) is 13.0 Å². The first-order valence-electron chi connectivity index (χ1n) is 6.61. The van der Waals surface area contributed by atoms with E-state index in [0.29, 0.717) is 12.4 Å². The van der Waals surface area contributed by atoms with Gasteiger partial charge in [-0.2, -0.15) is 0 Å². The molecule has 2 aromatic rings. The molecular formula is C15H17N3O2. The fourth-order valence-corrected chi connectivity index (χ4v) is 2.31. The van der Waals surface area contributed by atoms with Crippen molar-refractivity contribution in [3.63, 3.8) is 0 Å². The van der Waals surface area contributed by atoms with Gasteiger partial charge in [0.1, 0.15) is 18.2 Å². The number of benzene rings is 1. The lowest BCUT2D eigenvalue weighted by Gasteiger charge is -2.08. The quantitative estimate of drug-likeness (QED) is 0.924. The van der Waals surface area contributed by atoms with E-state index < -0.39 is 0 Å². The first kappa shape index (κ1) is 12.9. The highest BCUT2D eigenvalue weighted by atomic mass is 16.5. The standard InChI is InChI=1S/C15H17N3O2/c1-16-14-8-12(17-15(18-14)9-19-2)10-3-4-13-11(7-10)5-6-20-13/h3-4,7-8H,5-6,9H2,1-2H3,(H,16,17,18). The Hall–Kier alpha value is -2.14. The molecule has 2 heterocycles. The van der Waals surface area contributed by atoms with Crippen LogP contribution in [0.4, 0.5) is 5.82 Å². The van der Waals surface area contributed by atoms with Crippen molar-refractivity contribution >= 4 is 5.82 Å². The maximum atomic E-state index is 5.53. The summed E-state index contributed by atoms with van der Waals surface area (Å²) in [5.41, 5.74) is 3.21. The number of fused-ring (bicyclic) bond motifs is 1. The molecule has 1 aliphatic rings. The van der Waals surface area contributed by atoms with Crippen molar-refractivity contribution < 1.29 is 9.47 Å². The predicted molar refractivity (Wildman–Crippen MR) is 76.9 cm³/mol. The Morgan fingerprint density at radius 1 is 1.30 bits per heavy atom. The first-order valence-corrected chi connectivity index (χ1v) is 6.61. The third-order valence-corrected chi connectivity index (χ3v) is 3.29. The second-order valence-corrected chi connectivity index (χ2v) is 4.66. The van der Waals surface area contributed by atoms with Gasteiger partial charge in [-0.25, -0.2) is 9.97 Å². The predicted octanol–water partition coefficient (Wildman–Crippen LogP) is 2.27. The Kier molecular flexibility index (Phi) is 3.52. The number of aromatic nitrogens is 2. The molecule has 0 aliphatic carbocycles. The molecule has 5 heteroatoms. The number of nitrogens with zero attached hydrogens (tertiary/aromatic N) is 2. The van der Waals surface area contributed by atoms with Gasteiger partial charge in [-0.05, 0) is 23.8 Å². The lowest BCUT2D eigenvalue weighted by molar-refractivity contribution is 0.178. The summed E-state index contributed by atoms with van der Waals surface area (Å²) in [6.07, 6.45) is 0.956. The molecule has 0 bridgehead atoms. The van der Waals surface area contributed by atoms with Crippen molar-refractivity contribution in [1.82, 2.24) is 9.97 Å². The summed E-state index contributed by atoms with van der Waals surface area (Å²) in [6.45, 7) is 1.16. The van der Waals surface area contributed by atoms with Crippen LogP contribution in [-0.2, 0) is 17.8 Å². The maximum Gasteiger partial charge on any atom is 0.157 e. The third-order valence-electron chi connectivity index (χ3n) is 3.29. The minimum atomic E-state index is 0.399. The Balaban J connectivity index is 2.02. The van der Waals surface area contributed by atoms with Gasteiger partial charge in [0.15, 0.2) is 5.82 Å². The molecule has 3 rings (SSSR count). The molecule has 5 nitrogen and oxygen atoms in total. The molecule has 0 fully saturated rings. The third kappa shape index (κ3) is 2.44. The SMILES string of the molecule is CNc1cc(-c2ccc3c(c2)CCO3)nc(COC)n1. The van der Waals surface area contributed by atoms with Gasteiger partial charge in [0.25, 0.3) is 0 Å². The van der Waals surface area contributed by atoms with Crippen molar-refractivity contribution in [3.05, 3.63) is 35.7 Å². The van der Waals surface area contributed by atoms with Crippen LogP contribution < -0.4 is 10.1 Å². The summed E-state index contributed by atoms with van der Waals surface area (Å²) < 4.78 is 10.7. The number of rotatable bonds is 4. The van der Waals surface area contributed by atoms with Crippen molar-refractivity contribution in [2.75, 3.05) is 26.1 Å². The van der Waals surface area contributed by atoms with Crippen molar-refractivity contribution in [1.29, 1.82) is 0 Å². The molecule has 1 N–H and O–H groups in total. The summed E-state index contributed by atoms with van der Waals surface area (Å²) in [7, 11) is 3.49. The van der Waals surface area contributed by atoms with E-state index in [1.54, 1.807) is 7.11 Å². The molecule has 1 aromatic heterocycles. The van der Waals surface area contributed by atoms with Crippen molar-refractivity contribution in [2.24, 2.45) is 0 Å². The van der Waals surface area contributed by atoms with Crippen LogP contribution in [0.2, 0.25) is 0 Å². The van der Waals surface area contributed by atoms with Crippen molar-refractivity contribution in [3.8, 4) is 17.0 Å². The Bertz CT molecular complexity index is 629. The highest BCUT2D eigenvalue weighted by molar-refractivity contribution is 5.65. The molecule has 0 unspecified atom stereocenters. The minimum absolute atomic E-state index is 0.399. The lowest BCUT2D eigenvalue weighted by atomic mass is 10.1. The van der Waals surface area contributed by atoms with Gasteiger partial charge in [0, 0.05) is 32.2 Å². The number of methoxy groups -OCH3 is 1. The number of hydrogen-bond acceptors (Lipinski definition) is 5. The fourth-order valence-electron chi connectivity index (χ4n) is 2.31. The van der Waals surface area contributed by atoms with E-state index >= 15 is 0 Å². The Morgan fingerprint density at radius 2 is 2.20 bits per heavy atom. The Labute approximate surface area is 118 Å². The fraction of sp³-hybridized carbons (Fsp3) is 0.333. The second-order valence-electron chi connectivity index (χ2n) is 4.66. The van der Waals surface area contributed by atoms with E-state index in [9.17, 15) is 0 Å². The molecule has 20 heavy (non-hydrogen) atoms. The summed E-state index contributed by atoms with van der Waals surface area (Å²) in [5.74, 6) is 2.44. The van der Waals surface area contributed by atoms with E-state index in [-0.39, 0.29) is 0 Å². The zero-order valence-corrected chi connectivity index (χ0v) is 11.6. The summed E-state index contributed by atoms with van der Waals surface area (Å²) in [5, 5.41) is 3.06. The van der Waals surface area contributed by atoms with E-state index in [1.165, 1.54) is 5.56 Å². The van der Waals surface area contributed by atoms with Gasteiger partial charge in [-0.15, -0.1) is 0 Å². The van der Waals surface area contributed by atoms with Gasteiger partial charge < -0.3 is 14.8 Å². The maximum absolute atomic E-state index is 5.53. The zero-order valence-electron chi connectivity index (χ0n) is 11.6. The molecule has 0 radical (unpaired) electrons. The smallest absolute Gasteiger partial charge is 0.157 e. The number of anilines is 1. The highest BCUT2D eigenvalue weighted by Crippen LogP contribution is 2.30. The second kappa shape index (κ2) is 5.46. The zero-order chi connectivity index (χ0) is 13.9. The van der Waals surface area contributed by atoms with Gasteiger partial charge in [-0.1, -0.05) is 0 Å². The van der Waals surface area contributed by atoms with Crippen LogP contribution in [0, 0.1) is 0 Å². The molecule has 0 amide bonds. The molecule has 104 valence electrons. The monoisotopic (exact) mass is 271 g/mol. The largest absolute Gasteiger partial charge is 0.493 e. The van der Waals surface area contributed by atoms with Crippen LogP contribution in [0.5, 0.6) is 5.75 Å². The highest BCUT2D eigenvalue weighted by Gasteiger charge is 2.14. The Morgan fingerprint density at radius 3 is 3.00 bits per heavy atom. The van der Waals surface area contributed by atoms with Crippen LogP contribution in [0.15, 0.2) is 24.3 Å². The average molecular weight is 271 g/mol. The van der Waals surface area contributed by atoms with Crippen LogP contribution in [0.3, 0.4) is 0 Å². The molecular weight excluding hydrogens is 254 g/mol. The molecule has 1 aromatic carbocycles. The van der Waals surface area contributed by atoms with Gasteiger partial charge in [0.05, 0.1) is 12.3 Å². The van der Waals surface area contributed by atoms with Gasteiger partial charge in [0.2, 0.25) is 0 Å². The van der Waals surface area contributed by atoms with Gasteiger partial charge in [-0.3, -0.25) is 0 Å². The van der Waals surface area contributed by atoms with Gasteiger partial charge >= 0.3 is 0 Å². The first-order chi connectivity index (χ1) is 9.80. The number of ether oxygens (including phenoxy) is 2. The van der Waals surface area contributed by atoms with E-state index in [4.69, 9.17) is 9.47 Å². The van der Waals surface area contributed by atoms with Crippen LogP contribution in [-0.4, -0.2) is 30.7 Å². The van der Waals surface area contributed by atoms with Crippen LogP contribution >= 0.6 is 0 Å². The molecule has 0 saturated heterocycles. The van der Waals surface area contributed by atoms with Crippen LogP contribution in [0.1, 0.15) is 11.4 Å². The lowest BCUT2D eigenvalue weighted by Crippen LogP contribution is -2.02. The number of hydrogen-bond donors (Lipinski definition) is 1. The minimum Gasteiger partial charge on any atom is -0.493 e.